The van der Waals surface area contributed by atoms with Crippen LogP contribution < -0.4 is 5.43 Å². The maximum atomic E-state index is 13.2. The molecular weight excluding hydrogens is 374 g/mol. The van der Waals surface area contributed by atoms with E-state index in [0.29, 0.717) is 21.0 Å². The van der Waals surface area contributed by atoms with Crippen LogP contribution >= 0.6 is 23.6 Å². The average Bonchev–Trinajstić information content (AvgIpc) is 2.98. The number of hydrogen-bond donors (Lipinski definition) is 1. The Bertz CT molecular complexity index is 1080. The number of carbonyl (C=O) groups is 1. The van der Waals surface area contributed by atoms with Gasteiger partial charge in [-0.05, 0) is 36.5 Å². The van der Waals surface area contributed by atoms with Gasteiger partial charge in [0.25, 0.3) is 0 Å². The first-order valence-electron chi connectivity index (χ1n) is 8.71. The van der Waals surface area contributed by atoms with Crippen LogP contribution in [0.5, 0.6) is 0 Å². The normalized spacial score (nSPS) is 17.0. The van der Waals surface area contributed by atoms with E-state index in [1.165, 1.54) is 11.3 Å². The highest BCUT2D eigenvalue weighted by Crippen LogP contribution is 2.37. The zero-order valence-electron chi connectivity index (χ0n) is 15.1. The van der Waals surface area contributed by atoms with Gasteiger partial charge in [0.2, 0.25) is 5.78 Å². The highest BCUT2D eigenvalue weighted by atomic mass is 32.1. The largest absolute Gasteiger partial charge is 0.295 e. The fraction of sp³-hybridized carbons (Fsp3) is 0.190. The summed E-state index contributed by atoms with van der Waals surface area (Å²) < 4.78 is 2.71. The van der Waals surface area contributed by atoms with Crippen molar-refractivity contribution in [1.29, 1.82) is 0 Å². The molecule has 2 aromatic carbocycles. The number of fused-ring (bicyclic) bond motifs is 1. The highest BCUT2D eigenvalue weighted by Gasteiger charge is 2.41. The van der Waals surface area contributed by atoms with Gasteiger partial charge >= 0.3 is 0 Å². The molecule has 0 radical (unpaired) electrons. The van der Waals surface area contributed by atoms with Gasteiger partial charge in [-0.1, -0.05) is 50.2 Å². The first-order chi connectivity index (χ1) is 13.0. The second-order valence-corrected chi connectivity index (χ2v) is 8.79. The van der Waals surface area contributed by atoms with Gasteiger partial charge in [0.1, 0.15) is 5.71 Å². The molecule has 1 aliphatic carbocycles. The summed E-state index contributed by atoms with van der Waals surface area (Å²) in [5.41, 5.74) is 5.99. The number of carbonyl (C=O) groups excluding carboxylic acids is 1. The standard InChI is InChI=1S/C21H19N3OS2/c1-21(2)13-16-18(27-20(26)24(16)15-11-7-4-8-12-15)17(25)19(21)23-22-14-9-5-3-6-10-14/h3-12,22H,13H2,1-2H3. The van der Waals surface area contributed by atoms with Gasteiger partial charge in [-0.3, -0.25) is 14.8 Å². The Morgan fingerprint density at radius 3 is 2.37 bits per heavy atom. The van der Waals surface area contributed by atoms with E-state index in [1.807, 2.05) is 65.2 Å². The molecule has 0 fully saturated rings. The summed E-state index contributed by atoms with van der Waals surface area (Å²) in [7, 11) is 0. The Balaban J connectivity index is 1.78. The summed E-state index contributed by atoms with van der Waals surface area (Å²) in [5.74, 6) is -0.0459. The summed E-state index contributed by atoms with van der Waals surface area (Å²) >= 11 is 6.95. The van der Waals surface area contributed by atoms with Crippen LogP contribution in [0.1, 0.15) is 29.2 Å². The Morgan fingerprint density at radius 1 is 1.07 bits per heavy atom. The van der Waals surface area contributed by atoms with Gasteiger partial charge in [0.05, 0.1) is 10.6 Å². The Labute approximate surface area is 167 Å². The molecule has 0 atom stereocenters. The first-order valence-corrected chi connectivity index (χ1v) is 9.94. The molecule has 4 nitrogen and oxygen atoms in total. The molecule has 1 aromatic heterocycles. The van der Waals surface area contributed by atoms with Gasteiger partial charge < -0.3 is 0 Å². The monoisotopic (exact) mass is 393 g/mol. The number of hydrazone groups is 1. The van der Waals surface area contributed by atoms with Crippen molar-refractivity contribution in [1.82, 2.24) is 4.57 Å². The molecule has 6 heteroatoms. The van der Waals surface area contributed by atoms with Crippen molar-refractivity contribution in [2.75, 3.05) is 5.43 Å². The third kappa shape index (κ3) is 3.26. The van der Waals surface area contributed by atoms with Crippen LogP contribution in [0.4, 0.5) is 5.69 Å². The highest BCUT2D eigenvalue weighted by molar-refractivity contribution is 7.73. The fourth-order valence-corrected chi connectivity index (χ4v) is 4.75. The number of hydrogen-bond acceptors (Lipinski definition) is 5. The van der Waals surface area contributed by atoms with Gasteiger partial charge in [-0.2, -0.15) is 5.10 Å². The molecule has 1 heterocycles. The Kier molecular flexibility index (Phi) is 4.53. The number of ketones is 1. The lowest BCUT2D eigenvalue weighted by atomic mass is 9.76. The van der Waals surface area contributed by atoms with Crippen molar-refractivity contribution < 1.29 is 4.79 Å². The van der Waals surface area contributed by atoms with E-state index in [-0.39, 0.29) is 5.78 Å². The number of nitrogens with zero attached hydrogens (tertiary/aromatic N) is 2. The van der Waals surface area contributed by atoms with E-state index in [0.717, 1.165) is 17.1 Å². The van der Waals surface area contributed by atoms with Gasteiger partial charge in [-0.25, -0.2) is 0 Å². The molecule has 0 bridgehead atoms. The van der Waals surface area contributed by atoms with Gasteiger partial charge in [-0.15, -0.1) is 11.3 Å². The van der Waals surface area contributed by atoms with Crippen molar-refractivity contribution in [3.8, 4) is 5.69 Å². The lowest BCUT2D eigenvalue weighted by Crippen LogP contribution is -2.39. The van der Waals surface area contributed by atoms with E-state index in [2.05, 4.69) is 24.4 Å². The molecule has 0 saturated heterocycles. The number of thiazole rings is 1. The van der Waals surface area contributed by atoms with Crippen molar-refractivity contribution in [2.45, 2.75) is 20.3 Å². The minimum atomic E-state index is -0.398. The van der Waals surface area contributed by atoms with E-state index >= 15 is 0 Å². The lowest BCUT2D eigenvalue weighted by molar-refractivity contribution is 0.105. The maximum absolute atomic E-state index is 13.2. The molecule has 1 N–H and O–H groups in total. The van der Waals surface area contributed by atoms with Crippen LogP contribution in [0.2, 0.25) is 0 Å². The summed E-state index contributed by atoms with van der Waals surface area (Å²) in [6.07, 6.45) is 0.700. The molecular formula is C21H19N3OS2. The van der Waals surface area contributed by atoms with Crippen molar-refractivity contribution in [2.24, 2.45) is 10.5 Å². The third-order valence-corrected chi connectivity index (χ3v) is 6.08. The van der Waals surface area contributed by atoms with Gasteiger partial charge in [0.15, 0.2) is 3.95 Å². The van der Waals surface area contributed by atoms with Crippen LogP contribution in [-0.2, 0) is 6.42 Å². The van der Waals surface area contributed by atoms with Crippen molar-refractivity contribution in [3.05, 3.63) is 75.2 Å². The molecule has 0 saturated carbocycles. The predicted molar refractivity (Wildman–Crippen MR) is 114 cm³/mol. The molecule has 4 rings (SSSR count). The average molecular weight is 394 g/mol. The molecule has 1 aliphatic rings. The van der Waals surface area contributed by atoms with Crippen LogP contribution in [0.15, 0.2) is 65.8 Å². The number of Topliss-reactive ketones (excluding diaryl/α,β-unsaturated/α-hetero) is 1. The minimum Gasteiger partial charge on any atom is -0.295 e. The molecule has 0 spiro atoms. The minimum absolute atomic E-state index is 0.0459. The van der Waals surface area contributed by atoms with Crippen LogP contribution in [0, 0.1) is 9.37 Å². The Hall–Kier alpha value is -2.57. The summed E-state index contributed by atoms with van der Waals surface area (Å²) in [5, 5.41) is 4.48. The fourth-order valence-electron chi connectivity index (χ4n) is 3.33. The molecule has 0 amide bonds. The second-order valence-electron chi connectivity index (χ2n) is 7.14. The molecule has 27 heavy (non-hydrogen) atoms. The molecule has 0 aliphatic heterocycles. The first kappa shape index (κ1) is 17.8. The molecule has 0 unspecified atom stereocenters. The number of anilines is 1. The Morgan fingerprint density at radius 2 is 1.70 bits per heavy atom. The van der Waals surface area contributed by atoms with E-state index in [1.54, 1.807) is 0 Å². The third-order valence-electron chi connectivity index (χ3n) is 4.66. The zero-order chi connectivity index (χ0) is 19.0. The summed E-state index contributed by atoms with van der Waals surface area (Å²) in [6, 6.07) is 19.6. The second kappa shape index (κ2) is 6.87. The van der Waals surface area contributed by atoms with E-state index in [9.17, 15) is 4.79 Å². The number of aromatic nitrogens is 1. The number of benzene rings is 2. The van der Waals surface area contributed by atoms with Crippen LogP contribution in [0.3, 0.4) is 0 Å². The quantitative estimate of drug-likeness (QED) is 0.472. The molecule has 3 aromatic rings. The SMILES string of the molecule is CC1(C)Cc2c(sc(=S)n2-c2ccccc2)C(=O)C1=NNc1ccccc1. The number of nitrogens with one attached hydrogen (secondary N) is 1. The maximum Gasteiger partial charge on any atom is 0.221 e. The summed E-state index contributed by atoms with van der Waals surface area (Å²) in [6.45, 7) is 4.10. The van der Waals surface area contributed by atoms with E-state index < -0.39 is 5.41 Å². The molecule has 136 valence electrons. The van der Waals surface area contributed by atoms with E-state index in [4.69, 9.17) is 12.2 Å². The zero-order valence-corrected chi connectivity index (χ0v) is 16.7. The topological polar surface area (TPSA) is 46.4 Å². The lowest BCUT2D eigenvalue weighted by Gasteiger charge is -2.30. The van der Waals surface area contributed by atoms with Crippen molar-refractivity contribution in [3.63, 3.8) is 0 Å². The van der Waals surface area contributed by atoms with Crippen LogP contribution in [-0.4, -0.2) is 16.1 Å². The van der Waals surface area contributed by atoms with Crippen LogP contribution in [0.25, 0.3) is 5.69 Å². The van der Waals surface area contributed by atoms with Gasteiger partial charge in [0, 0.05) is 23.2 Å². The summed E-state index contributed by atoms with van der Waals surface area (Å²) in [4.78, 5) is 13.9. The number of para-hydroxylation sites is 2. The number of rotatable bonds is 3. The van der Waals surface area contributed by atoms with Crippen molar-refractivity contribution >= 4 is 40.7 Å². The smallest absolute Gasteiger partial charge is 0.221 e. The predicted octanol–water partition coefficient (Wildman–Crippen LogP) is 5.50.